The van der Waals surface area contributed by atoms with Gasteiger partial charge in [0, 0.05) is 31.6 Å². The number of carbonyl (C=O) groups excluding carboxylic acids is 1. The number of nitrogens with zero attached hydrogens (tertiary/aromatic N) is 4. The van der Waals surface area contributed by atoms with Gasteiger partial charge in [0.05, 0.1) is 29.9 Å². The molecule has 3 aromatic rings. The first-order valence-corrected chi connectivity index (χ1v) is 10.8. The highest BCUT2D eigenvalue weighted by Gasteiger charge is 2.17. The van der Waals surface area contributed by atoms with Crippen molar-refractivity contribution in [2.75, 3.05) is 31.6 Å². The molecule has 1 saturated heterocycles. The van der Waals surface area contributed by atoms with Gasteiger partial charge in [-0.2, -0.15) is 0 Å². The molecular weight excluding hydrogens is 390 g/mol. The number of fused-ring (bicyclic) bond motifs is 1. The number of anilines is 1. The van der Waals surface area contributed by atoms with Gasteiger partial charge in [-0.05, 0) is 18.6 Å². The summed E-state index contributed by atoms with van der Waals surface area (Å²) in [6, 6.07) is 7.58. The van der Waals surface area contributed by atoms with Crippen LogP contribution in [0.25, 0.3) is 11.0 Å². The number of amides is 1. The Kier molecular flexibility index (Phi) is 6.08. The van der Waals surface area contributed by atoms with Crippen molar-refractivity contribution in [3.63, 3.8) is 0 Å². The highest BCUT2D eigenvalue weighted by molar-refractivity contribution is 7.13. The summed E-state index contributed by atoms with van der Waals surface area (Å²) < 4.78 is 8.62. The van der Waals surface area contributed by atoms with E-state index in [2.05, 4.69) is 15.2 Å². The van der Waals surface area contributed by atoms with Crippen LogP contribution in [0.2, 0.25) is 0 Å². The summed E-state index contributed by atoms with van der Waals surface area (Å²) in [5.74, 6) is -0.251. The number of thiazole rings is 1. The maximum absolute atomic E-state index is 12.8. The number of para-hydroxylation sites is 2. The van der Waals surface area contributed by atoms with E-state index in [1.54, 1.807) is 4.57 Å². The Labute approximate surface area is 172 Å². The molecule has 0 aliphatic carbocycles. The van der Waals surface area contributed by atoms with Gasteiger partial charge in [0.2, 0.25) is 5.91 Å². The lowest BCUT2D eigenvalue weighted by Crippen LogP contribution is -2.35. The zero-order chi connectivity index (χ0) is 20.2. The highest BCUT2D eigenvalue weighted by atomic mass is 32.1. The largest absolute Gasteiger partial charge is 0.379 e. The second-order valence-corrected chi connectivity index (χ2v) is 7.95. The van der Waals surface area contributed by atoms with Gasteiger partial charge in [-0.15, -0.1) is 11.3 Å². The van der Waals surface area contributed by atoms with Crippen LogP contribution in [0.4, 0.5) is 5.13 Å². The maximum Gasteiger partial charge on any atom is 0.329 e. The van der Waals surface area contributed by atoms with Crippen molar-refractivity contribution >= 4 is 33.4 Å². The molecule has 1 amide bonds. The Bertz CT molecular complexity index is 1050. The molecule has 0 spiro atoms. The molecule has 1 N–H and O–H groups in total. The fourth-order valence-electron chi connectivity index (χ4n) is 3.59. The summed E-state index contributed by atoms with van der Waals surface area (Å²) in [5.41, 5.74) is 2.40. The van der Waals surface area contributed by atoms with E-state index in [0.717, 1.165) is 56.0 Å². The summed E-state index contributed by atoms with van der Waals surface area (Å²) in [5, 5.41) is 5.36. The van der Waals surface area contributed by atoms with Crippen molar-refractivity contribution in [1.29, 1.82) is 0 Å². The number of carbonyl (C=O) groups is 1. The number of aryl methyl sites for hydroxylation is 1. The molecule has 1 aliphatic rings. The van der Waals surface area contributed by atoms with E-state index in [-0.39, 0.29) is 18.1 Å². The molecule has 9 heteroatoms. The lowest BCUT2D eigenvalue weighted by Gasteiger charge is -2.25. The number of nitrogens with one attached hydrogen (secondary N) is 1. The van der Waals surface area contributed by atoms with Crippen LogP contribution in [0.1, 0.15) is 19.0 Å². The summed E-state index contributed by atoms with van der Waals surface area (Å²) in [4.78, 5) is 32.2. The highest BCUT2D eigenvalue weighted by Crippen LogP contribution is 2.18. The van der Waals surface area contributed by atoms with Crippen LogP contribution in [-0.2, 0) is 29.2 Å². The van der Waals surface area contributed by atoms with E-state index < -0.39 is 0 Å². The molecule has 8 nitrogen and oxygen atoms in total. The minimum absolute atomic E-state index is 0.0333. The van der Waals surface area contributed by atoms with Crippen molar-refractivity contribution < 1.29 is 9.53 Å². The van der Waals surface area contributed by atoms with Gasteiger partial charge in [0.1, 0.15) is 6.54 Å². The molecule has 3 heterocycles. The maximum atomic E-state index is 12.8. The van der Waals surface area contributed by atoms with Gasteiger partial charge in [0.15, 0.2) is 5.13 Å². The van der Waals surface area contributed by atoms with Crippen LogP contribution in [-0.4, -0.2) is 51.2 Å². The standard InChI is InChI=1S/C20H25N5O3S/c1-2-7-24-16-5-3-4-6-17(16)25(20(24)27)13-18(26)22-19-21-15(14-29-19)12-23-8-10-28-11-9-23/h3-6,14H,2,7-13H2,1H3,(H,21,22,26). The van der Waals surface area contributed by atoms with Gasteiger partial charge < -0.3 is 10.1 Å². The number of aromatic nitrogens is 3. The summed E-state index contributed by atoms with van der Waals surface area (Å²) in [7, 11) is 0. The molecule has 29 heavy (non-hydrogen) atoms. The molecule has 1 fully saturated rings. The van der Waals surface area contributed by atoms with Crippen LogP contribution in [0.3, 0.4) is 0 Å². The second-order valence-electron chi connectivity index (χ2n) is 7.09. The van der Waals surface area contributed by atoms with Crippen molar-refractivity contribution in [1.82, 2.24) is 19.0 Å². The smallest absolute Gasteiger partial charge is 0.329 e. The van der Waals surface area contributed by atoms with E-state index in [1.807, 2.05) is 36.6 Å². The minimum Gasteiger partial charge on any atom is -0.379 e. The van der Waals surface area contributed by atoms with Gasteiger partial charge in [-0.3, -0.25) is 18.8 Å². The molecule has 154 valence electrons. The van der Waals surface area contributed by atoms with Crippen LogP contribution in [0.5, 0.6) is 0 Å². The minimum atomic E-state index is -0.251. The Balaban J connectivity index is 1.45. The topological polar surface area (TPSA) is 81.4 Å². The first-order valence-electron chi connectivity index (χ1n) is 9.88. The Morgan fingerprint density at radius 3 is 2.66 bits per heavy atom. The zero-order valence-electron chi connectivity index (χ0n) is 16.5. The van der Waals surface area contributed by atoms with Crippen LogP contribution < -0.4 is 11.0 Å². The summed E-state index contributed by atoms with van der Waals surface area (Å²) >= 11 is 1.40. The number of morpholine rings is 1. The Morgan fingerprint density at radius 1 is 1.21 bits per heavy atom. The van der Waals surface area contributed by atoms with Gasteiger partial charge in [-0.25, -0.2) is 9.78 Å². The number of hydrogen-bond donors (Lipinski definition) is 1. The SMILES string of the molecule is CCCn1c(=O)n(CC(=O)Nc2nc(CN3CCOCC3)cs2)c2ccccc21. The van der Waals surface area contributed by atoms with Crippen LogP contribution in [0.15, 0.2) is 34.4 Å². The molecule has 0 unspecified atom stereocenters. The second kappa shape index (κ2) is 8.89. The molecular formula is C20H25N5O3S. The first-order chi connectivity index (χ1) is 14.2. The van der Waals surface area contributed by atoms with Crippen LogP contribution >= 0.6 is 11.3 Å². The Hall–Kier alpha value is -2.49. The monoisotopic (exact) mass is 415 g/mol. The fraction of sp³-hybridized carbons (Fsp3) is 0.450. The van der Waals surface area contributed by atoms with Crippen molar-refractivity contribution in [2.24, 2.45) is 0 Å². The quantitative estimate of drug-likeness (QED) is 0.639. The van der Waals surface area contributed by atoms with Gasteiger partial charge in [-0.1, -0.05) is 19.1 Å². The van der Waals surface area contributed by atoms with Crippen molar-refractivity contribution in [2.45, 2.75) is 33.0 Å². The molecule has 1 aliphatic heterocycles. The number of hydrogen-bond acceptors (Lipinski definition) is 6. The number of rotatable bonds is 7. The van der Waals surface area contributed by atoms with E-state index in [4.69, 9.17) is 4.74 Å². The van der Waals surface area contributed by atoms with E-state index in [9.17, 15) is 9.59 Å². The van der Waals surface area contributed by atoms with Gasteiger partial charge in [0.25, 0.3) is 0 Å². The van der Waals surface area contributed by atoms with E-state index >= 15 is 0 Å². The molecule has 0 saturated carbocycles. The van der Waals surface area contributed by atoms with Crippen molar-refractivity contribution in [3.05, 3.63) is 45.8 Å². The van der Waals surface area contributed by atoms with Crippen LogP contribution in [0, 0.1) is 0 Å². The van der Waals surface area contributed by atoms with Gasteiger partial charge >= 0.3 is 5.69 Å². The molecule has 4 rings (SSSR count). The van der Waals surface area contributed by atoms with E-state index in [0.29, 0.717) is 11.7 Å². The molecule has 0 atom stereocenters. The molecule has 0 bridgehead atoms. The molecule has 0 radical (unpaired) electrons. The summed E-state index contributed by atoms with van der Waals surface area (Å²) in [6.07, 6.45) is 0.852. The third-order valence-corrected chi connectivity index (χ3v) is 5.77. The average molecular weight is 416 g/mol. The normalized spacial score (nSPS) is 15.1. The summed E-state index contributed by atoms with van der Waals surface area (Å²) in [6.45, 7) is 6.65. The molecule has 1 aromatic carbocycles. The fourth-order valence-corrected chi connectivity index (χ4v) is 4.31. The first kappa shape index (κ1) is 19.8. The number of benzene rings is 1. The van der Waals surface area contributed by atoms with E-state index in [1.165, 1.54) is 15.9 Å². The Morgan fingerprint density at radius 2 is 1.93 bits per heavy atom. The lowest BCUT2D eigenvalue weighted by molar-refractivity contribution is -0.116. The number of imidazole rings is 1. The number of ether oxygens (including phenoxy) is 1. The zero-order valence-corrected chi connectivity index (χ0v) is 17.3. The lowest BCUT2D eigenvalue weighted by atomic mass is 10.3. The third-order valence-electron chi connectivity index (χ3n) is 4.96. The predicted octanol–water partition coefficient (Wildman–Crippen LogP) is 2.14. The van der Waals surface area contributed by atoms with Crippen molar-refractivity contribution in [3.8, 4) is 0 Å². The predicted molar refractivity (Wildman–Crippen MR) is 113 cm³/mol. The average Bonchev–Trinajstić information content (AvgIpc) is 3.27. The molecule has 2 aromatic heterocycles. The third kappa shape index (κ3) is 4.42.